The zero-order valence-electron chi connectivity index (χ0n) is 9.21. The van der Waals surface area contributed by atoms with Crippen molar-refractivity contribution in [3.63, 3.8) is 0 Å². The fourth-order valence-corrected chi connectivity index (χ4v) is 2.14. The number of hydrogen-bond acceptors (Lipinski definition) is 4. The number of anilines is 2. The van der Waals surface area contributed by atoms with Gasteiger partial charge in [-0.1, -0.05) is 0 Å². The molecule has 0 bridgehead atoms. The lowest BCUT2D eigenvalue weighted by Crippen LogP contribution is -2.15. The van der Waals surface area contributed by atoms with Gasteiger partial charge in [0.15, 0.2) is 0 Å². The number of nitrogens with zero attached hydrogens (tertiary/aromatic N) is 3. The number of nitrogens with one attached hydrogen (secondary N) is 1. The van der Waals surface area contributed by atoms with Crippen LogP contribution in [0.5, 0.6) is 0 Å². The van der Waals surface area contributed by atoms with Crippen molar-refractivity contribution in [2.75, 3.05) is 31.4 Å². The highest BCUT2D eigenvalue weighted by Gasteiger charge is 2.29. The number of hydrogen-bond donors (Lipinski definition) is 1. The van der Waals surface area contributed by atoms with E-state index in [1.165, 1.54) is 12.8 Å². The van der Waals surface area contributed by atoms with Gasteiger partial charge in [-0.2, -0.15) is 4.98 Å². The van der Waals surface area contributed by atoms with Crippen LogP contribution in [0.15, 0.2) is 4.47 Å². The van der Waals surface area contributed by atoms with Crippen molar-refractivity contribution in [3.05, 3.63) is 10.2 Å². The molecule has 0 spiro atoms. The standard InChI is InChI=1S/C10H15BrN4/c1-12-9-7(11)8(6-4-5-6)13-10(14-9)15(2)3/h6H,4-5H2,1-3H3,(H,12,13,14). The lowest BCUT2D eigenvalue weighted by atomic mass is 10.3. The van der Waals surface area contributed by atoms with Gasteiger partial charge in [-0.05, 0) is 28.8 Å². The minimum absolute atomic E-state index is 0.619. The third kappa shape index (κ3) is 2.07. The van der Waals surface area contributed by atoms with Crippen LogP contribution in [0.3, 0.4) is 0 Å². The van der Waals surface area contributed by atoms with Crippen molar-refractivity contribution in [2.45, 2.75) is 18.8 Å². The van der Waals surface area contributed by atoms with Crippen LogP contribution in [-0.2, 0) is 0 Å². The maximum Gasteiger partial charge on any atom is 0.227 e. The molecular formula is C10H15BrN4. The molecule has 1 fully saturated rings. The molecule has 2 rings (SSSR count). The first-order valence-electron chi connectivity index (χ1n) is 5.06. The van der Waals surface area contributed by atoms with Gasteiger partial charge in [-0.15, -0.1) is 0 Å². The molecule has 0 atom stereocenters. The molecule has 82 valence electrons. The molecule has 0 saturated heterocycles. The maximum atomic E-state index is 4.57. The summed E-state index contributed by atoms with van der Waals surface area (Å²) in [6.07, 6.45) is 2.48. The molecule has 1 heterocycles. The quantitative estimate of drug-likeness (QED) is 0.915. The molecule has 1 aromatic heterocycles. The average Bonchev–Trinajstić information content (AvgIpc) is 3.01. The second kappa shape index (κ2) is 3.96. The minimum atomic E-state index is 0.619. The fraction of sp³-hybridized carbons (Fsp3) is 0.600. The summed E-state index contributed by atoms with van der Waals surface area (Å²) >= 11 is 3.56. The third-order valence-corrected chi connectivity index (χ3v) is 3.25. The first-order valence-corrected chi connectivity index (χ1v) is 5.85. The predicted octanol–water partition coefficient (Wildman–Crippen LogP) is 2.22. The smallest absolute Gasteiger partial charge is 0.227 e. The molecular weight excluding hydrogens is 256 g/mol. The summed E-state index contributed by atoms with van der Waals surface area (Å²) in [7, 11) is 5.79. The van der Waals surface area contributed by atoms with Gasteiger partial charge in [0.25, 0.3) is 0 Å². The fourth-order valence-electron chi connectivity index (χ4n) is 1.45. The van der Waals surface area contributed by atoms with Crippen molar-refractivity contribution in [3.8, 4) is 0 Å². The summed E-state index contributed by atoms with van der Waals surface area (Å²) < 4.78 is 1.01. The number of rotatable bonds is 3. The van der Waals surface area contributed by atoms with Crippen molar-refractivity contribution in [1.29, 1.82) is 0 Å². The molecule has 1 N–H and O–H groups in total. The predicted molar refractivity (Wildman–Crippen MR) is 65.6 cm³/mol. The highest BCUT2D eigenvalue weighted by molar-refractivity contribution is 9.10. The summed E-state index contributed by atoms with van der Waals surface area (Å²) in [4.78, 5) is 10.9. The van der Waals surface area contributed by atoms with Crippen molar-refractivity contribution < 1.29 is 0 Å². The van der Waals surface area contributed by atoms with E-state index in [0.29, 0.717) is 5.92 Å². The van der Waals surface area contributed by atoms with Gasteiger partial charge in [0.05, 0.1) is 10.2 Å². The Labute approximate surface area is 98.2 Å². The van der Waals surface area contributed by atoms with E-state index >= 15 is 0 Å². The largest absolute Gasteiger partial charge is 0.372 e. The average molecular weight is 271 g/mol. The molecule has 0 unspecified atom stereocenters. The van der Waals surface area contributed by atoms with Crippen LogP contribution in [0.2, 0.25) is 0 Å². The van der Waals surface area contributed by atoms with Gasteiger partial charge < -0.3 is 10.2 Å². The summed E-state index contributed by atoms with van der Waals surface area (Å²) in [6.45, 7) is 0. The molecule has 15 heavy (non-hydrogen) atoms. The van der Waals surface area contributed by atoms with Crippen LogP contribution in [0, 0.1) is 0 Å². The zero-order valence-corrected chi connectivity index (χ0v) is 10.8. The second-order valence-electron chi connectivity index (χ2n) is 3.99. The molecule has 0 amide bonds. The van der Waals surface area contributed by atoms with Gasteiger partial charge in [0.1, 0.15) is 5.82 Å². The monoisotopic (exact) mass is 270 g/mol. The molecule has 0 radical (unpaired) electrons. The van der Waals surface area contributed by atoms with Gasteiger partial charge in [0.2, 0.25) is 5.95 Å². The van der Waals surface area contributed by atoms with Crippen LogP contribution >= 0.6 is 15.9 Å². The zero-order chi connectivity index (χ0) is 11.0. The van der Waals surface area contributed by atoms with Crippen molar-refractivity contribution in [2.24, 2.45) is 0 Å². The van der Waals surface area contributed by atoms with Crippen LogP contribution in [-0.4, -0.2) is 31.1 Å². The molecule has 1 aliphatic carbocycles. The lowest BCUT2D eigenvalue weighted by Gasteiger charge is -2.15. The summed E-state index contributed by atoms with van der Waals surface area (Å²) in [6, 6.07) is 0. The minimum Gasteiger partial charge on any atom is -0.372 e. The Kier molecular flexibility index (Phi) is 2.82. The maximum absolute atomic E-state index is 4.57. The molecule has 5 heteroatoms. The second-order valence-corrected chi connectivity index (χ2v) is 4.78. The molecule has 1 aromatic rings. The van der Waals surface area contributed by atoms with E-state index in [-0.39, 0.29) is 0 Å². The first kappa shape index (κ1) is 10.7. The molecule has 1 saturated carbocycles. The number of aromatic nitrogens is 2. The van der Waals surface area contributed by atoms with Crippen LogP contribution in [0.25, 0.3) is 0 Å². The third-order valence-electron chi connectivity index (χ3n) is 2.47. The summed E-state index contributed by atoms with van der Waals surface area (Å²) in [5, 5.41) is 3.09. The van der Waals surface area contributed by atoms with E-state index < -0.39 is 0 Å². The van der Waals surface area contributed by atoms with Gasteiger partial charge in [-0.3, -0.25) is 0 Å². The summed E-state index contributed by atoms with van der Waals surface area (Å²) in [5.74, 6) is 2.26. The van der Waals surface area contributed by atoms with E-state index in [9.17, 15) is 0 Å². The van der Waals surface area contributed by atoms with E-state index in [0.717, 1.165) is 21.9 Å². The Bertz CT molecular complexity index is 374. The SMILES string of the molecule is CNc1nc(N(C)C)nc(C2CC2)c1Br. The number of halogens is 1. The molecule has 0 aliphatic heterocycles. The Morgan fingerprint density at radius 1 is 1.33 bits per heavy atom. The van der Waals surface area contributed by atoms with Gasteiger partial charge >= 0.3 is 0 Å². The van der Waals surface area contributed by atoms with E-state index in [1.807, 2.05) is 26.0 Å². The highest BCUT2D eigenvalue weighted by Crippen LogP contribution is 2.44. The Morgan fingerprint density at radius 3 is 2.47 bits per heavy atom. The van der Waals surface area contributed by atoms with E-state index in [2.05, 4.69) is 31.2 Å². The first-order chi connectivity index (χ1) is 7.13. The topological polar surface area (TPSA) is 41.1 Å². The Hall–Kier alpha value is -0.840. The Morgan fingerprint density at radius 2 is 2.00 bits per heavy atom. The molecule has 4 nitrogen and oxygen atoms in total. The Balaban J connectivity index is 2.47. The van der Waals surface area contributed by atoms with E-state index in [4.69, 9.17) is 0 Å². The summed E-state index contributed by atoms with van der Waals surface area (Å²) in [5.41, 5.74) is 1.14. The van der Waals surface area contributed by atoms with Crippen LogP contribution < -0.4 is 10.2 Å². The van der Waals surface area contributed by atoms with E-state index in [1.54, 1.807) is 0 Å². The van der Waals surface area contributed by atoms with Gasteiger partial charge in [0, 0.05) is 27.1 Å². The van der Waals surface area contributed by atoms with Crippen molar-refractivity contribution in [1.82, 2.24) is 9.97 Å². The van der Waals surface area contributed by atoms with Crippen LogP contribution in [0.4, 0.5) is 11.8 Å². The van der Waals surface area contributed by atoms with Crippen molar-refractivity contribution >= 4 is 27.7 Å². The lowest BCUT2D eigenvalue weighted by molar-refractivity contribution is 0.925. The van der Waals surface area contributed by atoms with Gasteiger partial charge in [-0.25, -0.2) is 4.98 Å². The highest BCUT2D eigenvalue weighted by atomic mass is 79.9. The normalized spacial score (nSPS) is 15.2. The molecule has 1 aliphatic rings. The van der Waals surface area contributed by atoms with Crippen LogP contribution in [0.1, 0.15) is 24.5 Å². The molecule has 0 aromatic carbocycles.